The maximum atomic E-state index is 13.8. The molecule has 0 saturated heterocycles. The molecule has 192 valence electrons. The molecule has 0 atom stereocenters. The highest BCUT2D eigenvalue weighted by Gasteiger charge is 2.21. The van der Waals surface area contributed by atoms with Gasteiger partial charge in [-0.25, -0.2) is 12.8 Å². The number of hydrogen-bond donors (Lipinski definition) is 0. The molecule has 3 aromatic carbocycles. The molecule has 0 saturated carbocycles. The van der Waals surface area contributed by atoms with E-state index in [0.717, 1.165) is 16.9 Å². The highest BCUT2D eigenvalue weighted by Crippen LogP contribution is 2.20. The summed E-state index contributed by atoms with van der Waals surface area (Å²) >= 11 is 1.06. The number of carbonyl (C=O) groups is 2. The summed E-state index contributed by atoms with van der Waals surface area (Å²) in [6.07, 6.45) is 0. The van der Waals surface area contributed by atoms with Crippen LogP contribution in [0.1, 0.15) is 22.8 Å². The average Bonchev–Trinajstić information content (AvgIpc) is 3.20. The Morgan fingerprint density at radius 3 is 2.43 bits per heavy atom. The fourth-order valence-corrected chi connectivity index (χ4v) is 5.86. The van der Waals surface area contributed by atoms with E-state index in [0.29, 0.717) is 10.2 Å². The van der Waals surface area contributed by atoms with Crippen LogP contribution in [-0.4, -0.2) is 42.8 Å². The van der Waals surface area contributed by atoms with Crippen molar-refractivity contribution < 1.29 is 27.1 Å². The molecule has 1 heterocycles. The van der Waals surface area contributed by atoms with Crippen LogP contribution in [0.25, 0.3) is 10.2 Å². The summed E-state index contributed by atoms with van der Waals surface area (Å²) in [5.74, 6) is -1.61. The number of fused-ring (bicyclic) bond motifs is 1. The van der Waals surface area contributed by atoms with Crippen LogP contribution >= 0.6 is 11.3 Å². The van der Waals surface area contributed by atoms with Crippen LogP contribution in [0.15, 0.2) is 82.7 Å². The van der Waals surface area contributed by atoms with E-state index in [4.69, 9.17) is 4.74 Å². The van der Waals surface area contributed by atoms with Crippen molar-refractivity contribution in [3.8, 4) is 0 Å². The Morgan fingerprint density at radius 2 is 1.76 bits per heavy atom. The molecule has 0 aliphatic rings. The lowest BCUT2D eigenvalue weighted by molar-refractivity contribution is -0.143. The molecular formula is C26H24FN3O5S2. The second-order valence-corrected chi connectivity index (χ2v) is 11.1. The van der Waals surface area contributed by atoms with Gasteiger partial charge in [0.25, 0.3) is 5.91 Å². The number of benzene rings is 3. The normalized spacial score (nSPS) is 12.3. The summed E-state index contributed by atoms with van der Waals surface area (Å²) in [4.78, 5) is 29.4. The second kappa shape index (κ2) is 11.2. The van der Waals surface area contributed by atoms with Crippen molar-refractivity contribution in [1.29, 1.82) is 0 Å². The maximum absolute atomic E-state index is 13.8. The van der Waals surface area contributed by atoms with Crippen LogP contribution in [0.3, 0.4) is 0 Å². The van der Waals surface area contributed by atoms with Crippen LogP contribution in [-0.2, 0) is 32.6 Å². The third-order valence-electron chi connectivity index (χ3n) is 5.49. The Bertz CT molecular complexity index is 1610. The highest BCUT2D eigenvalue weighted by molar-refractivity contribution is 7.89. The molecule has 0 N–H and O–H groups in total. The lowest BCUT2D eigenvalue weighted by atomic mass is 10.2. The fourth-order valence-electron chi connectivity index (χ4n) is 3.65. The number of sulfonamides is 1. The molecule has 1 aromatic heterocycles. The van der Waals surface area contributed by atoms with E-state index < -0.39 is 27.7 Å². The molecule has 4 rings (SSSR count). The van der Waals surface area contributed by atoms with Crippen molar-refractivity contribution >= 4 is 43.5 Å². The zero-order chi connectivity index (χ0) is 26.6. The molecule has 11 heteroatoms. The molecule has 0 unspecified atom stereocenters. The van der Waals surface area contributed by atoms with Gasteiger partial charge < -0.3 is 9.30 Å². The van der Waals surface area contributed by atoms with Crippen molar-refractivity contribution in [2.75, 3.05) is 13.7 Å². The Balaban J connectivity index is 1.62. The third kappa shape index (κ3) is 6.01. The Labute approximate surface area is 217 Å². The number of carbonyl (C=O) groups excluding carboxylic acids is 2. The standard InChI is InChI=1S/C26H24FN3O5S2/c1-3-35-24(31)17-30-22-14-11-20(27)15-23(22)36-26(30)28-25(32)19-9-12-21(13-10-19)37(33,34)29(2)16-18-7-5-4-6-8-18/h4-15H,3,16-17H2,1-2H3. The number of rotatable bonds is 8. The summed E-state index contributed by atoms with van der Waals surface area (Å²) < 4.78 is 48.0. The van der Waals surface area contributed by atoms with Gasteiger partial charge >= 0.3 is 5.97 Å². The molecule has 4 aromatic rings. The lowest BCUT2D eigenvalue weighted by Crippen LogP contribution is -2.26. The van der Waals surface area contributed by atoms with E-state index in [1.54, 1.807) is 6.92 Å². The van der Waals surface area contributed by atoms with Gasteiger partial charge in [-0.15, -0.1) is 0 Å². The van der Waals surface area contributed by atoms with Crippen LogP contribution < -0.4 is 4.80 Å². The molecule has 0 fully saturated rings. The van der Waals surface area contributed by atoms with E-state index in [2.05, 4.69) is 4.99 Å². The maximum Gasteiger partial charge on any atom is 0.326 e. The number of hydrogen-bond acceptors (Lipinski definition) is 6. The predicted octanol–water partition coefficient (Wildman–Crippen LogP) is 3.97. The molecule has 8 nitrogen and oxygen atoms in total. The van der Waals surface area contributed by atoms with Gasteiger partial charge in [-0.2, -0.15) is 9.30 Å². The van der Waals surface area contributed by atoms with E-state index in [9.17, 15) is 22.4 Å². The number of amides is 1. The van der Waals surface area contributed by atoms with E-state index >= 15 is 0 Å². The number of esters is 1. The molecule has 37 heavy (non-hydrogen) atoms. The topological polar surface area (TPSA) is 98.0 Å². The van der Waals surface area contributed by atoms with Gasteiger partial charge in [-0.3, -0.25) is 9.59 Å². The van der Waals surface area contributed by atoms with Crippen molar-refractivity contribution in [3.63, 3.8) is 0 Å². The first-order valence-electron chi connectivity index (χ1n) is 11.3. The van der Waals surface area contributed by atoms with Gasteiger partial charge in [0.2, 0.25) is 10.0 Å². The quantitative estimate of drug-likeness (QED) is 0.315. The largest absolute Gasteiger partial charge is 0.465 e. The minimum Gasteiger partial charge on any atom is -0.465 e. The van der Waals surface area contributed by atoms with Gasteiger partial charge in [-0.05, 0) is 55.0 Å². The first kappa shape index (κ1) is 26.4. The van der Waals surface area contributed by atoms with Crippen LogP contribution in [0.4, 0.5) is 4.39 Å². The monoisotopic (exact) mass is 541 g/mol. The number of ether oxygens (including phenoxy) is 1. The van der Waals surface area contributed by atoms with E-state index in [1.807, 2.05) is 30.3 Å². The Kier molecular flexibility index (Phi) is 7.96. The van der Waals surface area contributed by atoms with Crippen LogP contribution in [0.2, 0.25) is 0 Å². The van der Waals surface area contributed by atoms with Gasteiger partial charge in [-0.1, -0.05) is 41.7 Å². The molecule has 1 amide bonds. The minimum atomic E-state index is -3.78. The second-order valence-electron chi connectivity index (χ2n) is 8.08. The fraction of sp³-hybridized carbons (Fsp3) is 0.192. The predicted molar refractivity (Wildman–Crippen MR) is 138 cm³/mol. The van der Waals surface area contributed by atoms with Gasteiger partial charge in [0.15, 0.2) is 4.80 Å². The molecular weight excluding hydrogens is 517 g/mol. The zero-order valence-electron chi connectivity index (χ0n) is 20.1. The summed E-state index contributed by atoms with van der Waals surface area (Å²) in [5, 5.41) is 0. The minimum absolute atomic E-state index is 0.0391. The van der Waals surface area contributed by atoms with Crippen molar-refractivity contribution in [1.82, 2.24) is 8.87 Å². The Hall–Kier alpha value is -3.67. The average molecular weight is 542 g/mol. The zero-order valence-corrected chi connectivity index (χ0v) is 21.8. The first-order valence-corrected chi connectivity index (χ1v) is 13.6. The molecule has 0 bridgehead atoms. The summed E-state index contributed by atoms with van der Waals surface area (Å²) in [6.45, 7) is 1.88. The smallest absolute Gasteiger partial charge is 0.326 e. The van der Waals surface area contributed by atoms with E-state index in [1.165, 1.54) is 58.4 Å². The summed E-state index contributed by atoms with van der Waals surface area (Å²) in [6, 6.07) is 18.8. The SMILES string of the molecule is CCOC(=O)Cn1c(=NC(=O)c2ccc(S(=O)(=O)N(C)Cc3ccccc3)cc2)sc2cc(F)ccc21. The molecule has 0 aliphatic heterocycles. The van der Waals surface area contributed by atoms with Crippen molar-refractivity contribution in [2.45, 2.75) is 24.9 Å². The lowest BCUT2D eigenvalue weighted by Gasteiger charge is -2.17. The Morgan fingerprint density at radius 1 is 1.05 bits per heavy atom. The van der Waals surface area contributed by atoms with Crippen LogP contribution in [0.5, 0.6) is 0 Å². The summed E-state index contributed by atoms with van der Waals surface area (Å²) in [7, 11) is -2.29. The number of thiazole rings is 1. The first-order chi connectivity index (χ1) is 17.7. The van der Waals surface area contributed by atoms with Gasteiger partial charge in [0.1, 0.15) is 12.4 Å². The number of aromatic nitrogens is 1. The highest BCUT2D eigenvalue weighted by atomic mass is 32.2. The number of halogens is 1. The van der Waals surface area contributed by atoms with Crippen molar-refractivity contribution in [3.05, 3.63) is 94.5 Å². The van der Waals surface area contributed by atoms with Gasteiger partial charge in [0, 0.05) is 19.2 Å². The van der Waals surface area contributed by atoms with Gasteiger partial charge in [0.05, 0.1) is 21.7 Å². The van der Waals surface area contributed by atoms with E-state index in [-0.39, 0.29) is 35.0 Å². The molecule has 0 aliphatic carbocycles. The molecule has 0 spiro atoms. The van der Waals surface area contributed by atoms with Crippen LogP contribution in [0, 0.1) is 5.82 Å². The third-order valence-corrected chi connectivity index (χ3v) is 8.35. The number of nitrogens with zero attached hydrogens (tertiary/aromatic N) is 3. The van der Waals surface area contributed by atoms with Crippen molar-refractivity contribution in [2.24, 2.45) is 4.99 Å². The molecule has 0 radical (unpaired) electrons. The summed E-state index contributed by atoms with van der Waals surface area (Å²) in [5.41, 5.74) is 1.54.